The minimum atomic E-state index is -0.398. The Bertz CT molecular complexity index is 759. The number of rotatable bonds is 15. The number of alkyl halides is 1. The van der Waals surface area contributed by atoms with Crippen LogP contribution in [0.15, 0.2) is 54.6 Å². The lowest BCUT2D eigenvalue weighted by Gasteiger charge is -2.07. The van der Waals surface area contributed by atoms with Crippen molar-refractivity contribution in [1.82, 2.24) is 0 Å². The van der Waals surface area contributed by atoms with Gasteiger partial charge in [-0.25, -0.2) is 4.79 Å². The fourth-order valence-corrected chi connectivity index (χ4v) is 3.65. The molecule has 0 fully saturated rings. The third kappa shape index (κ3) is 11.2. The normalized spacial score (nSPS) is 10.6. The van der Waals surface area contributed by atoms with E-state index in [1.54, 1.807) is 24.3 Å². The van der Waals surface area contributed by atoms with Gasteiger partial charge in [-0.2, -0.15) is 0 Å². The number of benzene rings is 2. The number of unbranched alkanes of at least 4 members (excludes halogenated alkanes) is 8. The van der Waals surface area contributed by atoms with E-state index in [-0.39, 0.29) is 12.6 Å². The zero-order chi connectivity index (χ0) is 22.2. The van der Waals surface area contributed by atoms with Crippen LogP contribution in [0.3, 0.4) is 0 Å². The Morgan fingerprint density at radius 2 is 1.29 bits per heavy atom. The summed E-state index contributed by atoms with van der Waals surface area (Å²) in [6.45, 7) is 0.230. The molecule has 0 spiro atoms. The molecule has 2 aromatic rings. The molecule has 0 aliphatic heterocycles. The van der Waals surface area contributed by atoms with Gasteiger partial charge >= 0.3 is 11.9 Å². The van der Waals surface area contributed by atoms with Crippen LogP contribution in [0.25, 0.3) is 0 Å². The van der Waals surface area contributed by atoms with Crippen LogP contribution in [0.1, 0.15) is 80.1 Å². The Labute approximate surface area is 194 Å². The van der Waals surface area contributed by atoms with Gasteiger partial charge in [0.1, 0.15) is 12.4 Å². The van der Waals surface area contributed by atoms with Gasteiger partial charge in [-0.1, -0.05) is 91.2 Å². The summed E-state index contributed by atoms with van der Waals surface area (Å²) in [4.78, 5) is 24.1. The molecule has 0 atom stereocenters. The van der Waals surface area contributed by atoms with E-state index in [0.717, 1.165) is 23.7 Å². The first-order valence-electron chi connectivity index (χ1n) is 11.3. The molecule has 0 heterocycles. The van der Waals surface area contributed by atoms with Crippen molar-refractivity contribution in [2.75, 3.05) is 5.33 Å². The van der Waals surface area contributed by atoms with Gasteiger partial charge in [-0.15, -0.1) is 0 Å². The van der Waals surface area contributed by atoms with Crippen molar-refractivity contribution in [1.29, 1.82) is 0 Å². The van der Waals surface area contributed by atoms with Crippen molar-refractivity contribution >= 4 is 27.9 Å². The molecular weight excluding hydrogens is 456 g/mol. The highest BCUT2D eigenvalue weighted by atomic mass is 79.9. The van der Waals surface area contributed by atoms with E-state index in [0.29, 0.717) is 17.7 Å². The van der Waals surface area contributed by atoms with Crippen molar-refractivity contribution in [3.05, 3.63) is 65.7 Å². The Balaban J connectivity index is 1.57. The summed E-state index contributed by atoms with van der Waals surface area (Å²) in [7, 11) is 0. The monoisotopic (exact) mass is 488 g/mol. The summed E-state index contributed by atoms with van der Waals surface area (Å²) in [5, 5.41) is 1.11. The van der Waals surface area contributed by atoms with E-state index >= 15 is 0 Å². The predicted octanol–water partition coefficient (Wildman–Crippen LogP) is 7.24. The van der Waals surface area contributed by atoms with E-state index < -0.39 is 5.97 Å². The summed E-state index contributed by atoms with van der Waals surface area (Å²) in [5.41, 5.74) is 1.37. The molecule has 0 bridgehead atoms. The summed E-state index contributed by atoms with van der Waals surface area (Å²) >= 11 is 3.46. The van der Waals surface area contributed by atoms with Crippen LogP contribution in [0.5, 0.6) is 5.75 Å². The van der Waals surface area contributed by atoms with Crippen molar-refractivity contribution in [3.63, 3.8) is 0 Å². The lowest BCUT2D eigenvalue weighted by molar-refractivity contribution is -0.134. The molecule has 0 saturated heterocycles. The smallest absolute Gasteiger partial charge is 0.338 e. The second kappa shape index (κ2) is 15.6. The van der Waals surface area contributed by atoms with E-state index in [9.17, 15) is 9.59 Å². The van der Waals surface area contributed by atoms with Crippen molar-refractivity contribution in [2.24, 2.45) is 0 Å². The van der Waals surface area contributed by atoms with Gasteiger partial charge in [0.15, 0.2) is 0 Å². The SMILES string of the molecule is O=C(CCCCCCCCCCCBr)Oc1ccc(C(=O)OCc2ccccc2)cc1. The van der Waals surface area contributed by atoms with Gasteiger partial charge in [0.2, 0.25) is 0 Å². The molecule has 4 nitrogen and oxygen atoms in total. The highest BCUT2D eigenvalue weighted by Crippen LogP contribution is 2.16. The first-order valence-corrected chi connectivity index (χ1v) is 12.4. The summed E-state index contributed by atoms with van der Waals surface area (Å²) < 4.78 is 10.7. The predicted molar refractivity (Wildman–Crippen MR) is 128 cm³/mol. The van der Waals surface area contributed by atoms with Gasteiger partial charge in [-0.05, 0) is 42.7 Å². The molecule has 31 heavy (non-hydrogen) atoms. The fourth-order valence-electron chi connectivity index (χ4n) is 3.25. The third-order valence-corrected chi connectivity index (χ3v) is 5.61. The molecule has 0 saturated carbocycles. The maximum Gasteiger partial charge on any atom is 0.338 e. The van der Waals surface area contributed by atoms with Crippen LogP contribution in [0, 0.1) is 0 Å². The van der Waals surface area contributed by atoms with Crippen LogP contribution in [0.2, 0.25) is 0 Å². The van der Waals surface area contributed by atoms with Crippen molar-refractivity contribution in [3.8, 4) is 5.75 Å². The molecule has 0 N–H and O–H groups in total. The Morgan fingerprint density at radius 3 is 1.90 bits per heavy atom. The number of ether oxygens (including phenoxy) is 2. The largest absolute Gasteiger partial charge is 0.457 e. The molecular formula is C26H33BrO4. The quantitative estimate of drug-likeness (QED) is 0.115. The lowest BCUT2D eigenvalue weighted by Crippen LogP contribution is -2.08. The van der Waals surface area contributed by atoms with Gasteiger partial charge in [0.05, 0.1) is 5.56 Å². The maximum absolute atomic E-state index is 12.1. The number of carbonyl (C=O) groups is 2. The third-order valence-electron chi connectivity index (χ3n) is 5.05. The Morgan fingerprint density at radius 1 is 0.710 bits per heavy atom. The van der Waals surface area contributed by atoms with Crippen molar-refractivity contribution in [2.45, 2.75) is 70.8 Å². The zero-order valence-corrected chi connectivity index (χ0v) is 19.8. The molecule has 0 aliphatic rings. The molecule has 0 aliphatic carbocycles. The number of hydrogen-bond donors (Lipinski definition) is 0. The minimum absolute atomic E-state index is 0.228. The number of hydrogen-bond acceptors (Lipinski definition) is 4. The average molecular weight is 489 g/mol. The number of halogens is 1. The van der Waals surface area contributed by atoms with E-state index in [4.69, 9.17) is 9.47 Å². The molecule has 0 amide bonds. The highest BCUT2D eigenvalue weighted by Gasteiger charge is 2.09. The number of carbonyl (C=O) groups excluding carboxylic acids is 2. The van der Waals surface area contributed by atoms with Crippen molar-refractivity contribution < 1.29 is 19.1 Å². The molecule has 0 aromatic heterocycles. The summed E-state index contributed by atoms with van der Waals surface area (Å²) in [6, 6.07) is 16.0. The minimum Gasteiger partial charge on any atom is -0.457 e. The first kappa shape index (κ1) is 25.1. The van der Waals surface area contributed by atoms with Gasteiger partial charge in [-0.3, -0.25) is 4.79 Å². The first-order chi connectivity index (χ1) is 15.2. The van der Waals surface area contributed by atoms with Gasteiger partial charge < -0.3 is 9.47 Å². The van der Waals surface area contributed by atoms with Crippen LogP contribution in [-0.4, -0.2) is 17.3 Å². The van der Waals surface area contributed by atoms with Crippen LogP contribution < -0.4 is 4.74 Å². The average Bonchev–Trinajstić information content (AvgIpc) is 2.80. The fraction of sp³-hybridized carbons (Fsp3) is 0.462. The molecule has 0 unspecified atom stereocenters. The van der Waals surface area contributed by atoms with Gasteiger partial charge in [0.25, 0.3) is 0 Å². The summed E-state index contributed by atoms with van der Waals surface area (Å²) in [6.07, 6.45) is 11.2. The molecule has 0 radical (unpaired) electrons. The lowest BCUT2D eigenvalue weighted by atomic mass is 10.1. The maximum atomic E-state index is 12.1. The van der Waals surface area contributed by atoms with E-state index in [1.165, 1.54) is 44.9 Å². The standard InChI is InChI=1S/C26H33BrO4/c27-20-12-7-5-3-1-2-4-6-11-15-25(28)31-24-18-16-23(17-19-24)26(29)30-21-22-13-9-8-10-14-22/h8-10,13-14,16-19H,1-7,11-12,15,20-21H2. The zero-order valence-electron chi connectivity index (χ0n) is 18.2. The molecule has 168 valence electrons. The Kier molecular flexibility index (Phi) is 12.7. The van der Waals surface area contributed by atoms with E-state index in [2.05, 4.69) is 15.9 Å². The van der Waals surface area contributed by atoms with Crippen LogP contribution >= 0.6 is 15.9 Å². The van der Waals surface area contributed by atoms with Gasteiger partial charge in [0, 0.05) is 11.8 Å². The van der Waals surface area contributed by atoms with Crippen LogP contribution in [-0.2, 0) is 16.1 Å². The van der Waals surface area contributed by atoms with E-state index in [1.807, 2.05) is 30.3 Å². The summed E-state index contributed by atoms with van der Waals surface area (Å²) in [5.74, 6) is -0.174. The van der Waals surface area contributed by atoms with Crippen LogP contribution in [0.4, 0.5) is 0 Å². The molecule has 2 aromatic carbocycles. The molecule has 5 heteroatoms. The second-order valence-electron chi connectivity index (χ2n) is 7.68. The second-order valence-corrected chi connectivity index (χ2v) is 8.47. The highest BCUT2D eigenvalue weighted by molar-refractivity contribution is 9.09. The Hall–Kier alpha value is -2.14. The molecule has 2 rings (SSSR count). The number of esters is 2. The topological polar surface area (TPSA) is 52.6 Å².